The molecule has 2 aromatic carbocycles. The Morgan fingerprint density at radius 3 is 2.49 bits per heavy atom. The van der Waals surface area contributed by atoms with Crippen LogP contribution in [0.5, 0.6) is 5.75 Å². The molecule has 4 rings (SSSR count). The SMILES string of the molecule is Cc1cccnc1C(NC(=O)C1CCN(CCOc2ccc(Cl)cc2Cl)CC1)c1ccc(Cl)cc1. The summed E-state index contributed by atoms with van der Waals surface area (Å²) >= 11 is 18.2. The number of aromatic nitrogens is 1. The van der Waals surface area contributed by atoms with E-state index in [9.17, 15) is 4.79 Å². The Kier molecular flexibility index (Phi) is 8.90. The predicted octanol–water partition coefficient (Wildman–Crippen LogP) is 6.35. The molecule has 1 atom stereocenters. The Hall–Kier alpha value is -2.31. The van der Waals surface area contributed by atoms with Gasteiger partial charge in [-0.15, -0.1) is 0 Å². The van der Waals surface area contributed by atoms with Crippen LogP contribution in [-0.4, -0.2) is 42.0 Å². The van der Waals surface area contributed by atoms with Gasteiger partial charge < -0.3 is 10.1 Å². The number of likely N-dealkylation sites (tertiary alicyclic amines) is 1. The van der Waals surface area contributed by atoms with Crippen LogP contribution in [0.2, 0.25) is 15.1 Å². The molecule has 35 heavy (non-hydrogen) atoms. The Balaban J connectivity index is 1.32. The van der Waals surface area contributed by atoms with E-state index in [2.05, 4.69) is 15.2 Å². The first kappa shape index (κ1) is 25.8. The topological polar surface area (TPSA) is 54.5 Å². The standard InChI is InChI=1S/C27H28Cl3N3O2/c1-18-3-2-12-31-25(18)26(19-4-6-21(28)7-5-19)32-27(34)20-10-13-33(14-11-20)15-16-35-24-9-8-22(29)17-23(24)30/h2-9,12,17,20,26H,10-11,13-16H2,1H3,(H,32,34). The number of benzene rings is 2. The number of carbonyl (C=O) groups is 1. The number of amides is 1. The van der Waals surface area contributed by atoms with E-state index in [4.69, 9.17) is 39.5 Å². The number of aryl methyl sites for hydroxylation is 1. The molecule has 0 aliphatic carbocycles. The van der Waals surface area contributed by atoms with Gasteiger partial charge in [0.1, 0.15) is 12.4 Å². The molecule has 1 aliphatic heterocycles. The van der Waals surface area contributed by atoms with E-state index in [0.717, 1.165) is 49.3 Å². The van der Waals surface area contributed by atoms with Crippen LogP contribution < -0.4 is 10.1 Å². The first-order valence-corrected chi connectivity index (χ1v) is 12.8. The van der Waals surface area contributed by atoms with Gasteiger partial charge in [0, 0.05) is 28.7 Å². The van der Waals surface area contributed by atoms with Gasteiger partial charge in [-0.3, -0.25) is 14.7 Å². The van der Waals surface area contributed by atoms with E-state index in [1.807, 2.05) is 43.3 Å². The third-order valence-corrected chi connectivity index (χ3v) is 7.11. The lowest BCUT2D eigenvalue weighted by molar-refractivity contribution is -0.127. The quantitative estimate of drug-likeness (QED) is 0.367. The van der Waals surface area contributed by atoms with Crippen molar-refractivity contribution in [2.75, 3.05) is 26.2 Å². The second kappa shape index (κ2) is 12.1. The number of nitrogens with zero attached hydrogens (tertiary/aromatic N) is 2. The maximum atomic E-state index is 13.3. The predicted molar refractivity (Wildman–Crippen MR) is 142 cm³/mol. The van der Waals surface area contributed by atoms with Crippen LogP contribution in [0.15, 0.2) is 60.8 Å². The highest BCUT2D eigenvalue weighted by Gasteiger charge is 2.28. The minimum absolute atomic E-state index is 0.0447. The van der Waals surface area contributed by atoms with E-state index < -0.39 is 0 Å². The Morgan fingerprint density at radius 1 is 1.09 bits per heavy atom. The lowest BCUT2D eigenvalue weighted by Gasteiger charge is -2.32. The molecular weight excluding hydrogens is 505 g/mol. The average molecular weight is 533 g/mol. The molecular formula is C27H28Cl3N3O2. The molecule has 0 saturated carbocycles. The summed E-state index contributed by atoms with van der Waals surface area (Å²) in [5.41, 5.74) is 2.84. The van der Waals surface area contributed by atoms with Crippen LogP contribution in [0, 0.1) is 12.8 Å². The van der Waals surface area contributed by atoms with E-state index in [1.54, 1.807) is 24.4 Å². The lowest BCUT2D eigenvalue weighted by Crippen LogP contribution is -2.43. The number of nitrogens with one attached hydrogen (secondary N) is 1. The minimum Gasteiger partial charge on any atom is -0.491 e. The number of piperidine rings is 1. The summed E-state index contributed by atoms with van der Waals surface area (Å²) < 4.78 is 5.81. The van der Waals surface area contributed by atoms with Crippen LogP contribution in [0.1, 0.15) is 35.7 Å². The summed E-state index contributed by atoms with van der Waals surface area (Å²) in [6.45, 7) is 4.98. The van der Waals surface area contributed by atoms with Crippen LogP contribution in [0.4, 0.5) is 0 Å². The van der Waals surface area contributed by atoms with Gasteiger partial charge in [0.25, 0.3) is 0 Å². The highest BCUT2D eigenvalue weighted by Crippen LogP contribution is 2.28. The van der Waals surface area contributed by atoms with Crippen molar-refractivity contribution >= 4 is 40.7 Å². The van der Waals surface area contributed by atoms with Gasteiger partial charge in [0.05, 0.1) is 16.8 Å². The van der Waals surface area contributed by atoms with Crippen molar-refractivity contribution in [3.63, 3.8) is 0 Å². The monoisotopic (exact) mass is 531 g/mol. The number of pyridine rings is 1. The van der Waals surface area contributed by atoms with Crippen molar-refractivity contribution in [2.45, 2.75) is 25.8 Å². The lowest BCUT2D eigenvalue weighted by atomic mass is 9.94. The van der Waals surface area contributed by atoms with E-state index >= 15 is 0 Å². The van der Waals surface area contributed by atoms with Crippen LogP contribution in [-0.2, 0) is 4.79 Å². The molecule has 0 radical (unpaired) electrons. The number of hydrogen-bond acceptors (Lipinski definition) is 4. The zero-order chi connectivity index (χ0) is 24.8. The van der Waals surface area contributed by atoms with Gasteiger partial charge in [-0.1, -0.05) is 53.0 Å². The second-order valence-electron chi connectivity index (χ2n) is 8.74. The molecule has 1 amide bonds. The van der Waals surface area contributed by atoms with Gasteiger partial charge in [-0.2, -0.15) is 0 Å². The Bertz CT molecular complexity index is 1150. The van der Waals surface area contributed by atoms with Crippen LogP contribution in [0.25, 0.3) is 0 Å². The van der Waals surface area contributed by atoms with Crippen LogP contribution >= 0.6 is 34.8 Å². The summed E-state index contributed by atoms with van der Waals surface area (Å²) in [6, 6.07) is 16.4. The van der Waals surface area contributed by atoms with Crippen molar-refractivity contribution < 1.29 is 9.53 Å². The van der Waals surface area contributed by atoms with Gasteiger partial charge in [0.2, 0.25) is 5.91 Å². The molecule has 1 aliphatic rings. The molecule has 0 spiro atoms. The number of hydrogen-bond donors (Lipinski definition) is 1. The Morgan fingerprint density at radius 2 is 1.80 bits per heavy atom. The number of rotatable bonds is 8. The molecule has 1 aromatic heterocycles. The first-order valence-electron chi connectivity index (χ1n) is 11.7. The fraction of sp³-hybridized carbons (Fsp3) is 0.333. The number of halogens is 3. The van der Waals surface area contributed by atoms with E-state index in [-0.39, 0.29) is 17.9 Å². The van der Waals surface area contributed by atoms with Gasteiger partial charge >= 0.3 is 0 Å². The number of ether oxygens (including phenoxy) is 1. The molecule has 5 nitrogen and oxygen atoms in total. The van der Waals surface area contributed by atoms with Crippen molar-refractivity contribution in [2.24, 2.45) is 5.92 Å². The van der Waals surface area contributed by atoms with Gasteiger partial charge in [0.15, 0.2) is 0 Å². The maximum Gasteiger partial charge on any atom is 0.224 e. The second-order valence-corrected chi connectivity index (χ2v) is 10.0. The fourth-order valence-corrected chi connectivity index (χ4v) is 4.91. The highest BCUT2D eigenvalue weighted by atomic mass is 35.5. The van der Waals surface area contributed by atoms with Crippen LogP contribution in [0.3, 0.4) is 0 Å². The largest absolute Gasteiger partial charge is 0.491 e. The van der Waals surface area contributed by atoms with E-state index in [0.29, 0.717) is 27.4 Å². The summed E-state index contributed by atoms with van der Waals surface area (Å²) in [4.78, 5) is 20.2. The average Bonchev–Trinajstić information content (AvgIpc) is 2.85. The zero-order valence-corrected chi connectivity index (χ0v) is 21.8. The van der Waals surface area contributed by atoms with Crippen molar-refractivity contribution in [1.82, 2.24) is 15.2 Å². The molecule has 8 heteroatoms. The van der Waals surface area contributed by atoms with Gasteiger partial charge in [-0.25, -0.2) is 0 Å². The normalized spacial score (nSPS) is 15.5. The molecule has 1 fully saturated rings. The molecule has 2 heterocycles. The zero-order valence-electron chi connectivity index (χ0n) is 19.5. The summed E-state index contributed by atoms with van der Waals surface area (Å²) in [5, 5.41) is 5.00. The Labute approximate surface area is 221 Å². The fourth-order valence-electron chi connectivity index (χ4n) is 4.32. The van der Waals surface area contributed by atoms with E-state index in [1.165, 1.54) is 0 Å². The third kappa shape index (κ3) is 6.89. The summed E-state index contributed by atoms with van der Waals surface area (Å²) in [5.74, 6) is 0.638. The molecule has 0 bridgehead atoms. The van der Waals surface area contributed by atoms with Crippen molar-refractivity contribution in [3.05, 3.63) is 92.7 Å². The maximum absolute atomic E-state index is 13.3. The first-order chi connectivity index (χ1) is 16.9. The summed E-state index contributed by atoms with van der Waals surface area (Å²) in [7, 11) is 0. The summed E-state index contributed by atoms with van der Waals surface area (Å²) in [6.07, 6.45) is 3.35. The molecule has 184 valence electrons. The number of carbonyl (C=O) groups excluding carboxylic acids is 1. The minimum atomic E-state index is -0.323. The third-order valence-electron chi connectivity index (χ3n) is 6.33. The molecule has 3 aromatic rings. The smallest absolute Gasteiger partial charge is 0.224 e. The molecule has 1 saturated heterocycles. The van der Waals surface area contributed by atoms with Gasteiger partial charge in [-0.05, 0) is 80.4 Å². The highest BCUT2D eigenvalue weighted by molar-refractivity contribution is 6.35. The van der Waals surface area contributed by atoms with Crippen molar-refractivity contribution in [3.8, 4) is 5.75 Å². The molecule has 1 N–H and O–H groups in total. The molecule has 1 unspecified atom stereocenters. The van der Waals surface area contributed by atoms with Crippen molar-refractivity contribution in [1.29, 1.82) is 0 Å².